The predicted octanol–water partition coefficient (Wildman–Crippen LogP) is 3.35. The van der Waals surface area contributed by atoms with Crippen molar-refractivity contribution in [1.29, 1.82) is 0 Å². The van der Waals surface area contributed by atoms with Crippen molar-refractivity contribution in [3.63, 3.8) is 0 Å². The Kier molecular flexibility index (Phi) is 5.46. The molecule has 2 rings (SSSR count). The number of rotatable bonds is 5. The molecule has 0 saturated carbocycles. The molecular formula is C18H19FN2O2. The van der Waals surface area contributed by atoms with Crippen LogP contribution in [0.15, 0.2) is 48.5 Å². The van der Waals surface area contributed by atoms with Gasteiger partial charge in [0.1, 0.15) is 5.82 Å². The Hall–Kier alpha value is -2.69. The first-order valence-corrected chi connectivity index (χ1v) is 7.40. The minimum atomic E-state index is -0.553. The molecule has 0 radical (unpaired) electrons. The van der Waals surface area contributed by atoms with E-state index in [1.54, 1.807) is 24.3 Å². The largest absolute Gasteiger partial charge is 0.348 e. The highest BCUT2D eigenvalue weighted by Gasteiger charge is 2.11. The summed E-state index contributed by atoms with van der Waals surface area (Å²) in [7, 11) is 0. The number of halogens is 1. The van der Waals surface area contributed by atoms with Crippen molar-refractivity contribution >= 4 is 17.5 Å². The third kappa shape index (κ3) is 4.64. The van der Waals surface area contributed by atoms with Gasteiger partial charge in [-0.1, -0.05) is 38.1 Å². The average molecular weight is 314 g/mol. The van der Waals surface area contributed by atoms with Crippen LogP contribution in [-0.4, -0.2) is 11.8 Å². The molecule has 120 valence electrons. The lowest BCUT2D eigenvalue weighted by atomic mass is 10.1. The van der Waals surface area contributed by atoms with Crippen molar-refractivity contribution in [2.24, 2.45) is 5.92 Å². The number of carbonyl (C=O) groups is 2. The minimum absolute atomic E-state index is 0.0109. The van der Waals surface area contributed by atoms with E-state index < -0.39 is 11.7 Å². The van der Waals surface area contributed by atoms with E-state index in [2.05, 4.69) is 10.6 Å². The van der Waals surface area contributed by atoms with Crippen LogP contribution in [0.2, 0.25) is 0 Å². The monoisotopic (exact) mass is 314 g/mol. The summed E-state index contributed by atoms with van der Waals surface area (Å²) in [6.07, 6.45) is 0. The van der Waals surface area contributed by atoms with Crippen molar-refractivity contribution < 1.29 is 14.0 Å². The molecule has 2 N–H and O–H groups in total. The molecule has 5 heteroatoms. The summed E-state index contributed by atoms with van der Waals surface area (Å²) in [5.41, 5.74) is 1.49. The van der Waals surface area contributed by atoms with Gasteiger partial charge < -0.3 is 10.6 Å². The van der Waals surface area contributed by atoms with Crippen LogP contribution in [-0.2, 0) is 11.3 Å². The van der Waals surface area contributed by atoms with Crippen LogP contribution in [0.25, 0.3) is 0 Å². The molecule has 0 saturated heterocycles. The molecule has 23 heavy (non-hydrogen) atoms. The standard InChI is InChI=1S/C18H19FN2O2/c1-12(2)17(22)21-14-7-5-6-13(10-14)11-20-18(23)15-8-3-4-9-16(15)19/h3-10,12H,11H2,1-2H3,(H,20,23)(H,21,22). The van der Waals surface area contributed by atoms with Crippen LogP contribution >= 0.6 is 0 Å². The average Bonchev–Trinajstić information content (AvgIpc) is 2.53. The lowest BCUT2D eigenvalue weighted by molar-refractivity contribution is -0.118. The number of hydrogen-bond donors (Lipinski definition) is 2. The molecule has 0 aromatic heterocycles. The van der Waals surface area contributed by atoms with Gasteiger partial charge in [0.2, 0.25) is 5.91 Å². The number of benzene rings is 2. The minimum Gasteiger partial charge on any atom is -0.348 e. The molecule has 0 spiro atoms. The lowest BCUT2D eigenvalue weighted by Gasteiger charge is -2.10. The van der Waals surface area contributed by atoms with Crippen molar-refractivity contribution in [3.8, 4) is 0 Å². The molecule has 0 heterocycles. The first-order chi connectivity index (χ1) is 11.0. The Balaban J connectivity index is 2.00. The molecular weight excluding hydrogens is 295 g/mol. The molecule has 0 atom stereocenters. The molecule has 0 aliphatic rings. The molecule has 0 unspecified atom stereocenters. The molecule has 0 fully saturated rings. The molecule has 2 amide bonds. The molecule has 2 aromatic rings. The second-order valence-electron chi connectivity index (χ2n) is 5.51. The Labute approximate surface area is 134 Å². The summed E-state index contributed by atoms with van der Waals surface area (Å²) in [5, 5.41) is 5.47. The van der Waals surface area contributed by atoms with E-state index in [4.69, 9.17) is 0 Å². The van der Waals surface area contributed by atoms with Gasteiger partial charge in [-0.3, -0.25) is 9.59 Å². The van der Waals surface area contributed by atoms with Gasteiger partial charge in [-0.15, -0.1) is 0 Å². The fourth-order valence-electron chi connectivity index (χ4n) is 1.97. The van der Waals surface area contributed by atoms with Crippen molar-refractivity contribution in [3.05, 3.63) is 65.5 Å². The van der Waals surface area contributed by atoms with Gasteiger partial charge in [0.25, 0.3) is 5.91 Å². The third-order valence-electron chi connectivity index (χ3n) is 3.29. The van der Waals surface area contributed by atoms with E-state index in [-0.39, 0.29) is 23.9 Å². The summed E-state index contributed by atoms with van der Waals surface area (Å²) >= 11 is 0. The number of nitrogens with one attached hydrogen (secondary N) is 2. The topological polar surface area (TPSA) is 58.2 Å². The van der Waals surface area contributed by atoms with E-state index in [0.717, 1.165) is 5.56 Å². The van der Waals surface area contributed by atoms with Crippen LogP contribution in [0.5, 0.6) is 0 Å². The number of amides is 2. The summed E-state index contributed by atoms with van der Waals surface area (Å²) in [4.78, 5) is 23.7. The highest BCUT2D eigenvalue weighted by molar-refractivity contribution is 5.94. The van der Waals surface area contributed by atoms with Gasteiger partial charge in [0.05, 0.1) is 5.56 Å². The maximum Gasteiger partial charge on any atom is 0.254 e. The van der Waals surface area contributed by atoms with Crippen LogP contribution in [0.3, 0.4) is 0 Å². The summed E-state index contributed by atoms with van der Waals surface area (Å²) in [6.45, 7) is 3.88. The Bertz CT molecular complexity index is 714. The maximum atomic E-state index is 13.5. The van der Waals surface area contributed by atoms with E-state index in [9.17, 15) is 14.0 Å². The highest BCUT2D eigenvalue weighted by Crippen LogP contribution is 2.12. The zero-order chi connectivity index (χ0) is 16.8. The quantitative estimate of drug-likeness (QED) is 0.889. The zero-order valence-corrected chi connectivity index (χ0v) is 13.1. The zero-order valence-electron chi connectivity index (χ0n) is 13.1. The van der Waals surface area contributed by atoms with Crippen molar-refractivity contribution in [1.82, 2.24) is 5.32 Å². The SMILES string of the molecule is CC(C)C(=O)Nc1cccc(CNC(=O)c2ccccc2F)c1. The van der Waals surface area contributed by atoms with Gasteiger partial charge in [0, 0.05) is 18.2 Å². The molecule has 0 aliphatic heterocycles. The second-order valence-corrected chi connectivity index (χ2v) is 5.51. The number of hydrogen-bond acceptors (Lipinski definition) is 2. The van der Waals surface area contributed by atoms with E-state index in [1.807, 2.05) is 19.9 Å². The number of anilines is 1. The van der Waals surface area contributed by atoms with Gasteiger partial charge in [-0.05, 0) is 29.8 Å². The Morgan fingerprint density at radius 2 is 1.83 bits per heavy atom. The van der Waals surface area contributed by atoms with Crippen LogP contribution in [0.1, 0.15) is 29.8 Å². The first kappa shape index (κ1) is 16.7. The van der Waals surface area contributed by atoms with Crippen LogP contribution in [0, 0.1) is 11.7 Å². The van der Waals surface area contributed by atoms with Gasteiger partial charge >= 0.3 is 0 Å². The van der Waals surface area contributed by atoms with Crippen molar-refractivity contribution in [2.45, 2.75) is 20.4 Å². The van der Waals surface area contributed by atoms with E-state index in [0.29, 0.717) is 5.69 Å². The van der Waals surface area contributed by atoms with E-state index >= 15 is 0 Å². The van der Waals surface area contributed by atoms with Crippen LogP contribution < -0.4 is 10.6 Å². The summed E-state index contributed by atoms with van der Waals surface area (Å²) in [5.74, 6) is -1.21. The van der Waals surface area contributed by atoms with Gasteiger partial charge in [-0.2, -0.15) is 0 Å². The molecule has 4 nitrogen and oxygen atoms in total. The Morgan fingerprint density at radius 1 is 1.09 bits per heavy atom. The second kappa shape index (κ2) is 7.54. The highest BCUT2D eigenvalue weighted by atomic mass is 19.1. The van der Waals surface area contributed by atoms with Crippen molar-refractivity contribution in [2.75, 3.05) is 5.32 Å². The molecule has 0 aliphatic carbocycles. The van der Waals surface area contributed by atoms with Gasteiger partial charge in [-0.25, -0.2) is 4.39 Å². The maximum absolute atomic E-state index is 13.5. The fraction of sp³-hybridized carbons (Fsp3) is 0.222. The van der Waals surface area contributed by atoms with E-state index in [1.165, 1.54) is 18.2 Å². The molecule has 2 aromatic carbocycles. The predicted molar refractivity (Wildman–Crippen MR) is 87.5 cm³/mol. The Morgan fingerprint density at radius 3 is 2.52 bits per heavy atom. The normalized spacial score (nSPS) is 10.4. The third-order valence-corrected chi connectivity index (χ3v) is 3.29. The smallest absolute Gasteiger partial charge is 0.254 e. The number of carbonyl (C=O) groups excluding carboxylic acids is 2. The fourth-order valence-corrected chi connectivity index (χ4v) is 1.97. The summed E-state index contributed by atoms with van der Waals surface area (Å²) in [6, 6.07) is 13.0. The molecule has 0 bridgehead atoms. The summed E-state index contributed by atoms with van der Waals surface area (Å²) < 4.78 is 13.5. The first-order valence-electron chi connectivity index (χ1n) is 7.40. The lowest BCUT2D eigenvalue weighted by Crippen LogP contribution is -2.24. The van der Waals surface area contributed by atoms with Gasteiger partial charge in [0.15, 0.2) is 0 Å². The van der Waals surface area contributed by atoms with Crippen LogP contribution in [0.4, 0.5) is 10.1 Å².